The standard InChI is InChI=1S/C18H29N3O/c1-14-9-15(2)11-16(10-14)5-7-20-18(19-3)21-8-6-17(12-21)13-22-4/h9-11,17H,5-8,12-13H2,1-4H3,(H,19,20). The molecule has 0 radical (unpaired) electrons. The van der Waals surface area contributed by atoms with E-state index in [1.54, 1.807) is 7.11 Å². The predicted molar refractivity (Wildman–Crippen MR) is 92.5 cm³/mol. The maximum Gasteiger partial charge on any atom is 0.193 e. The Bertz CT molecular complexity index is 493. The van der Waals surface area contributed by atoms with Gasteiger partial charge in [-0.3, -0.25) is 4.99 Å². The van der Waals surface area contributed by atoms with E-state index in [9.17, 15) is 0 Å². The third kappa shape index (κ3) is 4.73. The van der Waals surface area contributed by atoms with E-state index in [4.69, 9.17) is 4.74 Å². The van der Waals surface area contributed by atoms with Gasteiger partial charge < -0.3 is 15.0 Å². The lowest BCUT2D eigenvalue weighted by Gasteiger charge is -2.21. The molecule has 0 aliphatic carbocycles. The normalized spacial score (nSPS) is 18.8. The van der Waals surface area contributed by atoms with Crippen molar-refractivity contribution in [2.45, 2.75) is 26.7 Å². The molecule has 1 N–H and O–H groups in total. The number of likely N-dealkylation sites (tertiary alicyclic amines) is 1. The van der Waals surface area contributed by atoms with Gasteiger partial charge in [0.1, 0.15) is 0 Å². The lowest BCUT2D eigenvalue weighted by atomic mass is 10.1. The van der Waals surface area contributed by atoms with Crippen LogP contribution in [0.1, 0.15) is 23.1 Å². The molecule has 1 aromatic rings. The zero-order chi connectivity index (χ0) is 15.9. The van der Waals surface area contributed by atoms with Crippen LogP contribution in [0.25, 0.3) is 0 Å². The summed E-state index contributed by atoms with van der Waals surface area (Å²) >= 11 is 0. The molecule has 0 bridgehead atoms. The van der Waals surface area contributed by atoms with Gasteiger partial charge in [0, 0.05) is 39.7 Å². The van der Waals surface area contributed by atoms with Gasteiger partial charge >= 0.3 is 0 Å². The fourth-order valence-corrected chi connectivity index (χ4v) is 3.26. The number of guanidine groups is 1. The van der Waals surface area contributed by atoms with Gasteiger partial charge in [-0.25, -0.2) is 0 Å². The van der Waals surface area contributed by atoms with Crippen LogP contribution in [0.2, 0.25) is 0 Å². The Kier molecular flexibility index (Phi) is 6.25. The number of nitrogens with one attached hydrogen (secondary N) is 1. The van der Waals surface area contributed by atoms with Crippen molar-refractivity contribution in [3.8, 4) is 0 Å². The summed E-state index contributed by atoms with van der Waals surface area (Å²) in [7, 11) is 3.64. The highest BCUT2D eigenvalue weighted by atomic mass is 16.5. The molecule has 4 nitrogen and oxygen atoms in total. The van der Waals surface area contributed by atoms with E-state index in [0.29, 0.717) is 5.92 Å². The topological polar surface area (TPSA) is 36.9 Å². The van der Waals surface area contributed by atoms with Crippen LogP contribution in [0.4, 0.5) is 0 Å². The van der Waals surface area contributed by atoms with E-state index in [2.05, 4.69) is 47.3 Å². The van der Waals surface area contributed by atoms with Crippen molar-refractivity contribution in [1.82, 2.24) is 10.2 Å². The predicted octanol–water partition coefficient (Wildman–Crippen LogP) is 2.39. The molecule has 1 aliphatic heterocycles. The number of hydrogen-bond acceptors (Lipinski definition) is 2. The van der Waals surface area contributed by atoms with Crippen LogP contribution in [0.5, 0.6) is 0 Å². The van der Waals surface area contributed by atoms with Crippen LogP contribution in [0, 0.1) is 19.8 Å². The van der Waals surface area contributed by atoms with Gasteiger partial charge in [0.05, 0.1) is 6.61 Å². The summed E-state index contributed by atoms with van der Waals surface area (Å²) in [5.74, 6) is 1.64. The monoisotopic (exact) mass is 303 g/mol. The Balaban J connectivity index is 1.82. The molecule has 4 heteroatoms. The summed E-state index contributed by atoms with van der Waals surface area (Å²) in [6, 6.07) is 6.75. The summed E-state index contributed by atoms with van der Waals surface area (Å²) < 4.78 is 5.26. The molecule has 1 heterocycles. The Morgan fingerprint density at radius 3 is 2.68 bits per heavy atom. The van der Waals surface area contributed by atoms with Crippen LogP contribution in [0.15, 0.2) is 23.2 Å². The number of aryl methyl sites for hydroxylation is 2. The first-order chi connectivity index (χ1) is 10.6. The first-order valence-corrected chi connectivity index (χ1v) is 8.14. The first-order valence-electron chi connectivity index (χ1n) is 8.14. The average molecular weight is 303 g/mol. The van der Waals surface area contributed by atoms with Crippen LogP contribution in [-0.4, -0.2) is 51.3 Å². The fourth-order valence-electron chi connectivity index (χ4n) is 3.26. The quantitative estimate of drug-likeness (QED) is 0.670. The fraction of sp³-hybridized carbons (Fsp3) is 0.611. The third-order valence-corrected chi connectivity index (χ3v) is 4.18. The third-order valence-electron chi connectivity index (χ3n) is 4.18. The number of benzene rings is 1. The molecule has 1 unspecified atom stereocenters. The van der Waals surface area contributed by atoms with Crippen molar-refractivity contribution in [1.29, 1.82) is 0 Å². The van der Waals surface area contributed by atoms with Gasteiger partial charge in [-0.2, -0.15) is 0 Å². The number of methoxy groups -OCH3 is 1. The Labute approximate surface area is 134 Å². The van der Waals surface area contributed by atoms with Crippen molar-refractivity contribution >= 4 is 5.96 Å². The molecule has 2 rings (SSSR count). The number of rotatable bonds is 5. The van der Waals surface area contributed by atoms with Gasteiger partial charge in [-0.15, -0.1) is 0 Å². The minimum atomic E-state index is 0.628. The van der Waals surface area contributed by atoms with Gasteiger partial charge in [0.25, 0.3) is 0 Å². The molecular formula is C18H29N3O. The summed E-state index contributed by atoms with van der Waals surface area (Å²) in [4.78, 5) is 6.76. The van der Waals surface area contributed by atoms with Crippen molar-refractivity contribution in [3.63, 3.8) is 0 Å². The van der Waals surface area contributed by atoms with Crippen LogP contribution >= 0.6 is 0 Å². The van der Waals surface area contributed by atoms with E-state index in [1.165, 1.54) is 23.1 Å². The molecule has 122 valence electrons. The van der Waals surface area contributed by atoms with Crippen molar-refractivity contribution in [3.05, 3.63) is 34.9 Å². The maximum atomic E-state index is 5.26. The molecule has 0 spiro atoms. The highest BCUT2D eigenvalue weighted by Crippen LogP contribution is 2.16. The van der Waals surface area contributed by atoms with E-state index in [-0.39, 0.29) is 0 Å². The van der Waals surface area contributed by atoms with Gasteiger partial charge in [-0.05, 0) is 32.3 Å². The lowest BCUT2D eigenvalue weighted by Crippen LogP contribution is -2.41. The minimum absolute atomic E-state index is 0.628. The molecule has 0 amide bonds. The largest absolute Gasteiger partial charge is 0.384 e. The van der Waals surface area contributed by atoms with Gasteiger partial charge in [0.15, 0.2) is 5.96 Å². The molecule has 22 heavy (non-hydrogen) atoms. The van der Waals surface area contributed by atoms with Crippen molar-refractivity contribution in [2.24, 2.45) is 10.9 Å². The van der Waals surface area contributed by atoms with Crippen molar-refractivity contribution < 1.29 is 4.74 Å². The van der Waals surface area contributed by atoms with E-state index in [1.807, 2.05) is 7.05 Å². The molecule has 1 atom stereocenters. The average Bonchev–Trinajstić information content (AvgIpc) is 2.91. The molecule has 0 aromatic heterocycles. The van der Waals surface area contributed by atoms with E-state index >= 15 is 0 Å². The molecule has 1 saturated heterocycles. The first kappa shape index (κ1) is 16.8. The molecule has 1 aromatic carbocycles. The summed E-state index contributed by atoms with van der Waals surface area (Å²) in [5.41, 5.74) is 4.06. The smallest absolute Gasteiger partial charge is 0.193 e. The number of nitrogens with zero attached hydrogens (tertiary/aromatic N) is 2. The zero-order valence-electron chi connectivity index (χ0n) is 14.4. The van der Waals surface area contributed by atoms with Crippen LogP contribution in [0.3, 0.4) is 0 Å². The SMILES string of the molecule is CN=C(NCCc1cc(C)cc(C)c1)N1CCC(COC)C1. The summed E-state index contributed by atoms with van der Waals surface area (Å²) in [5, 5.41) is 3.50. The minimum Gasteiger partial charge on any atom is -0.384 e. The number of aliphatic imine (C=N–C) groups is 1. The Morgan fingerprint density at radius 1 is 1.32 bits per heavy atom. The highest BCUT2D eigenvalue weighted by Gasteiger charge is 2.24. The number of hydrogen-bond donors (Lipinski definition) is 1. The second-order valence-corrected chi connectivity index (χ2v) is 6.28. The second-order valence-electron chi connectivity index (χ2n) is 6.28. The molecule has 0 saturated carbocycles. The van der Waals surface area contributed by atoms with Gasteiger partial charge in [0.2, 0.25) is 0 Å². The molecule has 1 aliphatic rings. The Morgan fingerprint density at radius 2 is 2.05 bits per heavy atom. The number of ether oxygens (including phenoxy) is 1. The highest BCUT2D eigenvalue weighted by molar-refractivity contribution is 5.80. The second kappa shape index (κ2) is 8.18. The van der Waals surface area contributed by atoms with Crippen LogP contribution < -0.4 is 5.32 Å². The maximum absolute atomic E-state index is 5.26. The summed E-state index contributed by atoms with van der Waals surface area (Å²) in [6.45, 7) is 8.18. The zero-order valence-corrected chi connectivity index (χ0v) is 14.4. The van der Waals surface area contributed by atoms with Gasteiger partial charge in [-0.1, -0.05) is 29.3 Å². The van der Waals surface area contributed by atoms with Crippen molar-refractivity contribution in [2.75, 3.05) is 40.4 Å². The lowest BCUT2D eigenvalue weighted by molar-refractivity contribution is 0.157. The van der Waals surface area contributed by atoms with Crippen LogP contribution in [-0.2, 0) is 11.2 Å². The van der Waals surface area contributed by atoms with E-state index in [0.717, 1.165) is 38.6 Å². The summed E-state index contributed by atoms with van der Waals surface area (Å²) in [6.07, 6.45) is 2.21. The molecule has 1 fully saturated rings. The van der Waals surface area contributed by atoms with E-state index < -0.39 is 0 Å². The molecular weight excluding hydrogens is 274 g/mol. The Hall–Kier alpha value is -1.55.